The first-order valence-corrected chi connectivity index (χ1v) is 6.76. The van der Waals surface area contributed by atoms with E-state index in [1.54, 1.807) is 18.2 Å². The number of benzene rings is 2. The third-order valence-electron chi connectivity index (χ3n) is 3.31. The fraction of sp³-hybridized carbons (Fsp3) is 0.188. The van der Waals surface area contributed by atoms with Gasteiger partial charge in [0.05, 0.1) is 5.56 Å². The molecular formula is C16H16N2O3. The molecule has 0 unspecified atom stereocenters. The average molecular weight is 284 g/mol. The van der Waals surface area contributed by atoms with Crippen LogP contribution in [0.3, 0.4) is 0 Å². The number of nitrogens with one attached hydrogen (secondary N) is 1. The van der Waals surface area contributed by atoms with Crippen molar-refractivity contribution in [2.45, 2.75) is 6.54 Å². The van der Waals surface area contributed by atoms with E-state index < -0.39 is 0 Å². The molecule has 2 aromatic carbocycles. The van der Waals surface area contributed by atoms with Crippen molar-refractivity contribution in [1.29, 1.82) is 0 Å². The van der Waals surface area contributed by atoms with Gasteiger partial charge < -0.3 is 20.5 Å². The summed E-state index contributed by atoms with van der Waals surface area (Å²) in [6.07, 6.45) is 0. The highest BCUT2D eigenvalue weighted by atomic mass is 16.6. The molecule has 0 aliphatic carbocycles. The summed E-state index contributed by atoms with van der Waals surface area (Å²) in [6, 6.07) is 12.7. The molecule has 5 nitrogen and oxygen atoms in total. The largest absolute Gasteiger partial charge is 0.486 e. The van der Waals surface area contributed by atoms with Gasteiger partial charge in [-0.1, -0.05) is 24.3 Å². The lowest BCUT2D eigenvalue weighted by Gasteiger charge is -2.20. The summed E-state index contributed by atoms with van der Waals surface area (Å²) < 4.78 is 11.0. The molecule has 0 saturated heterocycles. The number of hydrogen-bond donors (Lipinski definition) is 2. The highest BCUT2D eigenvalue weighted by Crippen LogP contribution is 2.33. The van der Waals surface area contributed by atoms with Gasteiger partial charge in [0.1, 0.15) is 13.2 Å². The van der Waals surface area contributed by atoms with E-state index in [0.717, 1.165) is 5.56 Å². The van der Waals surface area contributed by atoms with Crippen LogP contribution < -0.4 is 20.5 Å². The van der Waals surface area contributed by atoms with Gasteiger partial charge in [0.25, 0.3) is 5.91 Å². The number of carbonyl (C=O) groups excluding carboxylic acids is 1. The van der Waals surface area contributed by atoms with Crippen LogP contribution in [0.25, 0.3) is 0 Å². The quantitative estimate of drug-likeness (QED) is 0.845. The lowest BCUT2D eigenvalue weighted by Crippen LogP contribution is -2.25. The van der Waals surface area contributed by atoms with E-state index in [4.69, 9.17) is 15.2 Å². The number of fused-ring (bicyclic) bond motifs is 1. The minimum Gasteiger partial charge on any atom is -0.486 e. The number of amides is 1. The molecule has 1 aliphatic rings. The Morgan fingerprint density at radius 3 is 2.76 bits per heavy atom. The molecule has 1 heterocycles. The van der Waals surface area contributed by atoms with Crippen molar-refractivity contribution in [3.8, 4) is 11.5 Å². The molecule has 0 spiro atoms. The second-order valence-electron chi connectivity index (χ2n) is 4.71. The van der Waals surface area contributed by atoms with Crippen LogP contribution in [0.5, 0.6) is 11.5 Å². The normalized spacial score (nSPS) is 12.8. The van der Waals surface area contributed by atoms with Gasteiger partial charge in [0, 0.05) is 12.2 Å². The van der Waals surface area contributed by atoms with Crippen LogP contribution >= 0.6 is 0 Å². The number of anilines is 1. The zero-order valence-electron chi connectivity index (χ0n) is 11.5. The number of carbonyl (C=O) groups is 1. The molecule has 0 radical (unpaired) electrons. The zero-order valence-corrected chi connectivity index (χ0v) is 11.5. The van der Waals surface area contributed by atoms with Crippen LogP contribution in [-0.4, -0.2) is 19.1 Å². The number of para-hydroxylation sites is 2. The SMILES string of the molecule is Nc1ccccc1CNC(=O)c1cccc2c1OCCO2. The molecule has 0 aromatic heterocycles. The number of hydrogen-bond acceptors (Lipinski definition) is 4. The summed E-state index contributed by atoms with van der Waals surface area (Å²) in [7, 11) is 0. The van der Waals surface area contributed by atoms with Gasteiger partial charge in [0.2, 0.25) is 0 Å². The van der Waals surface area contributed by atoms with Crippen molar-refractivity contribution in [3.63, 3.8) is 0 Å². The Morgan fingerprint density at radius 2 is 1.90 bits per heavy atom. The van der Waals surface area contributed by atoms with E-state index in [2.05, 4.69) is 5.32 Å². The Labute approximate surface area is 122 Å². The first kappa shape index (κ1) is 13.3. The van der Waals surface area contributed by atoms with Crippen LogP contribution in [-0.2, 0) is 6.54 Å². The summed E-state index contributed by atoms with van der Waals surface area (Å²) >= 11 is 0. The molecule has 21 heavy (non-hydrogen) atoms. The summed E-state index contributed by atoms with van der Waals surface area (Å²) in [5.74, 6) is 0.899. The van der Waals surface area contributed by atoms with Gasteiger partial charge in [-0.15, -0.1) is 0 Å². The van der Waals surface area contributed by atoms with E-state index in [0.29, 0.717) is 42.5 Å². The van der Waals surface area contributed by atoms with Gasteiger partial charge >= 0.3 is 0 Å². The number of nitrogen functional groups attached to an aromatic ring is 1. The maximum absolute atomic E-state index is 12.3. The van der Waals surface area contributed by atoms with Crippen molar-refractivity contribution in [2.24, 2.45) is 0 Å². The third kappa shape index (κ3) is 2.76. The summed E-state index contributed by atoms with van der Waals surface area (Å²) in [5, 5.41) is 2.85. The average Bonchev–Trinajstić information content (AvgIpc) is 2.53. The summed E-state index contributed by atoms with van der Waals surface area (Å²) in [5.41, 5.74) is 7.88. The van der Waals surface area contributed by atoms with Crippen molar-refractivity contribution in [1.82, 2.24) is 5.32 Å². The molecule has 0 fully saturated rings. The van der Waals surface area contributed by atoms with Crippen LogP contribution in [0.15, 0.2) is 42.5 Å². The van der Waals surface area contributed by atoms with Crippen molar-refractivity contribution in [2.75, 3.05) is 18.9 Å². The zero-order chi connectivity index (χ0) is 14.7. The van der Waals surface area contributed by atoms with Crippen molar-refractivity contribution >= 4 is 11.6 Å². The summed E-state index contributed by atoms with van der Waals surface area (Å²) in [6.45, 7) is 1.32. The van der Waals surface area contributed by atoms with Crippen LogP contribution in [0.1, 0.15) is 15.9 Å². The molecule has 3 N–H and O–H groups in total. The first-order chi connectivity index (χ1) is 10.3. The molecule has 0 saturated carbocycles. The highest BCUT2D eigenvalue weighted by molar-refractivity contribution is 5.97. The molecule has 108 valence electrons. The first-order valence-electron chi connectivity index (χ1n) is 6.76. The fourth-order valence-electron chi connectivity index (χ4n) is 2.22. The lowest BCUT2D eigenvalue weighted by molar-refractivity contribution is 0.0940. The molecular weight excluding hydrogens is 268 g/mol. The van der Waals surface area contributed by atoms with Gasteiger partial charge in [-0.25, -0.2) is 0 Å². The number of ether oxygens (including phenoxy) is 2. The predicted octanol–water partition coefficient (Wildman–Crippen LogP) is 1.97. The lowest BCUT2D eigenvalue weighted by atomic mass is 10.1. The molecule has 2 aromatic rings. The van der Waals surface area contributed by atoms with Gasteiger partial charge in [-0.05, 0) is 23.8 Å². The second kappa shape index (κ2) is 5.75. The fourth-order valence-corrected chi connectivity index (χ4v) is 2.22. The minimum atomic E-state index is -0.208. The predicted molar refractivity (Wildman–Crippen MR) is 79.5 cm³/mol. The monoisotopic (exact) mass is 284 g/mol. The van der Waals surface area contributed by atoms with E-state index in [-0.39, 0.29) is 5.91 Å². The van der Waals surface area contributed by atoms with E-state index in [1.165, 1.54) is 0 Å². The van der Waals surface area contributed by atoms with E-state index in [1.807, 2.05) is 24.3 Å². The Balaban J connectivity index is 1.76. The standard InChI is InChI=1S/C16H16N2O3/c17-13-6-2-1-4-11(13)10-18-16(19)12-5-3-7-14-15(12)21-9-8-20-14/h1-7H,8-10,17H2,(H,18,19). The molecule has 1 aliphatic heterocycles. The third-order valence-corrected chi connectivity index (χ3v) is 3.31. The Bertz CT molecular complexity index is 670. The smallest absolute Gasteiger partial charge is 0.255 e. The summed E-state index contributed by atoms with van der Waals surface area (Å²) in [4.78, 5) is 12.3. The van der Waals surface area contributed by atoms with Crippen LogP contribution in [0, 0.1) is 0 Å². The maximum Gasteiger partial charge on any atom is 0.255 e. The van der Waals surface area contributed by atoms with Crippen molar-refractivity contribution < 1.29 is 14.3 Å². The van der Waals surface area contributed by atoms with E-state index in [9.17, 15) is 4.79 Å². The number of nitrogens with two attached hydrogens (primary N) is 1. The molecule has 0 atom stereocenters. The molecule has 5 heteroatoms. The van der Waals surface area contributed by atoms with Crippen LogP contribution in [0.4, 0.5) is 5.69 Å². The van der Waals surface area contributed by atoms with Gasteiger partial charge in [-0.2, -0.15) is 0 Å². The Kier molecular flexibility index (Phi) is 3.64. The van der Waals surface area contributed by atoms with Gasteiger partial charge in [-0.3, -0.25) is 4.79 Å². The maximum atomic E-state index is 12.3. The Hall–Kier alpha value is -2.69. The van der Waals surface area contributed by atoms with Gasteiger partial charge in [0.15, 0.2) is 11.5 Å². The number of rotatable bonds is 3. The minimum absolute atomic E-state index is 0.208. The van der Waals surface area contributed by atoms with Crippen molar-refractivity contribution in [3.05, 3.63) is 53.6 Å². The Morgan fingerprint density at radius 1 is 1.10 bits per heavy atom. The molecule has 1 amide bonds. The molecule has 0 bridgehead atoms. The van der Waals surface area contributed by atoms with Crippen LogP contribution in [0.2, 0.25) is 0 Å². The molecule has 3 rings (SSSR count). The van der Waals surface area contributed by atoms with E-state index >= 15 is 0 Å². The topological polar surface area (TPSA) is 73.6 Å². The highest BCUT2D eigenvalue weighted by Gasteiger charge is 2.20. The second-order valence-corrected chi connectivity index (χ2v) is 4.71.